The second-order valence-electron chi connectivity index (χ2n) is 5.33. The summed E-state index contributed by atoms with van der Waals surface area (Å²) in [5.41, 5.74) is 1.66. The van der Waals surface area contributed by atoms with Crippen molar-refractivity contribution in [2.75, 3.05) is 11.9 Å². The van der Waals surface area contributed by atoms with Crippen LogP contribution in [0.5, 0.6) is 0 Å². The topological polar surface area (TPSA) is 84.1 Å². The van der Waals surface area contributed by atoms with E-state index in [0.29, 0.717) is 15.7 Å². The van der Waals surface area contributed by atoms with Crippen LogP contribution in [-0.2, 0) is 22.5 Å². The second-order valence-corrected chi connectivity index (χ2v) is 6.36. The monoisotopic (exact) mass is 371 g/mol. The van der Waals surface area contributed by atoms with Crippen LogP contribution in [0.25, 0.3) is 11.8 Å². The minimum Gasteiger partial charge on any atom is -0.462 e. The summed E-state index contributed by atoms with van der Waals surface area (Å²) in [7, 11) is 0. The van der Waals surface area contributed by atoms with Gasteiger partial charge in [0.25, 0.3) is 5.56 Å². The molecule has 0 saturated heterocycles. The number of ether oxygens (including phenoxy) is 1. The van der Waals surface area contributed by atoms with Gasteiger partial charge in [0.2, 0.25) is 0 Å². The van der Waals surface area contributed by atoms with Crippen LogP contribution in [0.1, 0.15) is 26.3 Å². The molecule has 7 heteroatoms. The Morgan fingerprint density at radius 3 is 2.69 bits per heavy atom. The van der Waals surface area contributed by atoms with Crippen molar-refractivity contribution < 1.29 is 9.53 Å². The van der Waals surface area contributed by atoms with Gasteiger partial charge in [-0.3, -0.25) is 9.36 Å². The van der Waals surface area contributed by atoms with E-state index in [1.165, 1.54) is 4.57 Å². The average molecular weight is 371 g/mol. The van der Waals surface area contributed by atoms with Gasteiger partial charge in [-0.05, 0) is 31.9 Å². The number of thiazole rings is 1. The number of para-hydroxylation sites is 1. The first kappa shape index (κ1) is 19.5. The smallest absolute Gasteiger partial charge is 0.351 e. The zero-order chi connectivity index (χ0) is 19.1. The van der Waals surface area contributed by atoms with Crippen molar-refractivity contribution in [2.24, 2.45) is 0 Å². The van der Waals surface area contributed by atoms with Gasteiger partial charge in [0.1, 0.15) is 15.3 Å². The Kier molecular flexibility index (Phi) is 6.75. The third-order valence-electron chi connectivity index (χ3n) is 3.79. The zero-order valence-electron chi connectivity index (χ0n) is 15.0. The molecule has 2 aromatic rings. The standard InChI is InChI=1S/C19H21N3O3S/c1-4-13-9-7-8-10-15(13)21-12-16-17(23)22(5-2)18(26-16)14(11-20)19(24)25-6-3/h7-10,12,21H,4-6H2,1-3H3/b16-12+,18-14-. The van der Waals surface area contributed by atoms with Crippen LogP contribution >= 0.6 is 11.3 Å². The van der Waals surface area contributed by atoms with Crippen molar-refractivity contribution >= 4 is 34.8 Å². The number of rotatable bonds is 6. The molecule has 0 atom stereocenters. The summed E-state index contributed by atoms with van der Waals surface area (Å²) in [6.45, 7) is 6.04. The van der Waals surface area contributed by atoms with Crippen molar-refractivity contribution in [1.29, 1.82) is 5.26 Å². The number of nitrogens with one attached hydrogen (secondary N) is 1. The van der Waals surface area contributed by atoms with E-state index >= 15 is 0 Å². The maximum absolute atomic E-state index is 12.6. The Labute approximate surface area is 155 Å². The lowest BCUT2D eigenvalue weighted by Gasteiger charge is -2.05. The first-order valence-electron chi connectivity index (χ1n) is 8.43. The number of anilines is 1. The number of carbonyl (C=O) groups is 1. The summed E-state index contributed by atoms with van der Waals surface area (Å²) in [6, 6.07) is 9.71. The van der Waals surface area contributed by atoms with Crippen molar-refractivity contribution in [2.45, 2.75) is 33.7 Å². The number of esters is 1. The first-order chi connectivity index (χ1) is 12.6. The number of nitriles is 1. The predicted octanol–water partition coefficient (Wildman–Crippen LogP) is 1.58. The number of aromatic nitrogens is 1. The van der Waals surface area contributed by atoms with Gasteiger partial charge in [-0.15, -0.1) is 11.3 Å². The number of hydrogen-bond donors (Lipinski definition) is 1. The molecule has 0 aliphatic heterocycles. The Morgan fingerprint density at radius 1 is 1.35 bits per heavy atom. The van der Waals surface area contributed by atoms with Crippen molar-refractivity contribution in [1.82, 2.24) is 4.57 Å². The first-order valence-corrected chi connectivity index (χ1v) is 9.24. The van der Waals surface area contributed by atoms with E-state index in [0.717, 1.165) is 29.0 Å². The maximum Gasteiger partial charge on any atom is 0.351 e. The SMILES string of the molecule is CCOC(=O)/C(C#N)=c1\s/c(=C/Nc2ccccc2CC)c(=O)n1CC. The van der Waals surface area contributed by atoms with E-state index in [9.17, 15) is 14.9 Å². The Bertz CT molecular complexity index is 1010. The third-order valence-corrected chi connectivity index (χ3v) is 4.92. The van der Waals surface area contributed by atoms with Crippen LogP contribution in [-0.4, -0.2) is 17.1 Å². The number of carbonyl (C=O) groups excluding carboxylic acids is 1. The predicted molar refractivity (Wildman–Crippen MR) is 103 cm³/mol. The van der Waals surface area contributed by atoms with Gasteiger partial charge in [0, 0.05) is 18.4 Å². The summed E-state index contributed by atoms with van der Waals surface area (Å²) in [4.78, 5) is 24.6. The van der Waals surface area contributed by atoms with Crippen LogP contribution < -0.4 is 20.1 Å². The molecule has 0 radical (unpaired) electrons. The van der Waals surface area contributed by atoms with E-state index in [2.05, 4.69) is 12.2 Å². The molecule has 1 heterocycles. The molecule has 2 rings (SSSR count). The van der Waals surface area contributed by atoms with Gasteiger partial charge in [-0.1, -0.05) is 25.1 Å². The Hall–Kier alpha value is -2.85. The molecule has 136 valence electrons. The van der Waals surface area contributed by atoms with Crippen LogP contribution in [0, 0.1) is 11.3 Å². The van der Waals surface area contributed by atoms with Gasteiger partial charge in [0.15, 0.2) is 5.57 Å². The van der Waals surface area contributed by atoms with Gasteiger partial charge in [-0.2, -0.15) is 5.26 Å². The molecular formula is C19H21N3O3S. The van der Waals surface area contributed by atoms with E-state index in [1.54, 1.807) is 20.0 Å². The van der Waals surface area contributed by atoms with E-state index in [4.69, 9.17) is 4.74 Å². The van der Waals surface area contributed by atoms with Gasteiger partial charge >= 0.3 is 5.97 Å². The molecule has 0 spiro atoms. The Balaban J connectivity index is 2.59. The lowest BCUT2D eigenvalue weighted by Crippen LogP contribution is -2.32. The fourth-order valence-electron chi connectivity index (χ4n) is 2.49. The summed E-state index contributed by atoms with van der Waals surface area (Å²) in [6.07, 6.45) is 2.48. The molecule has 1 N–H and O–H groups in total. The maximum atomic E-state index is 12.6. The highest BCUT2D eigenvalue weighted by molar-refractivity contribution is 7.07. The van der Waals surface area contributed by atoms with E-state index in [1.807, 2.05) is 30.3 Å². The van der Waals surface area contributed by atoms with E-state index < -0.39 is 5.97 Å². The minimum atomic E-state index is -0.714. The Morgan fingerprint density at radius 2 is 2.08 bits per heavy atom. The largest absolute Gasteiger partial charge is 0.462 e. The molecule has 0 unspecified atom stereocenters. The van der Waals surface area contributed by atoms with Gasteiger partial charge in [0.05, 0.1) is 6.61 Å². The minimum absolute atomic E-state index is 0.149. The third kappa shape index (κ3) is 4.03. The molecule has 0 saturated carbocycles. The number of nitrogens with zero attached hydrogens (tertiary/aromatic N) is 2. The highest BCUT2D eigenvalue weighted by Crippen LogP contribution is 2.15. The van der Waals surface area contributed by atoms with Gasteiger partial charge in [-0.25, -0.2) is 4.79 Å². The quantitative estimate of drug-likeness (QED) is 0.780. The summed E-state index contributed by atoms with van der Waals surface area (Å²) < 4.78 is 7.08. The molecule has 0 amide bonds. The number of aryl methyl sites for hydroxylation is 1. The number of hydrogen-bond acceptors (Lipinski definition) is 6. The number of benzene rings is 1. The van der Waals surface area contributed by atoms with Crippen molar-refractivity contribution in [3.63, 3.8) is 0 Å². The molecule has 1 aromatic carbocycles. The van der Waals surface area contributed by atoms with Crippen LogP contribution in [0.15, 0.2) is 29.1 Å². The summed E-state index contributed by atoms with van der Waals surface area (Å²) in [5.74, 6) is -0.714. The summed E-state index contributed by atoms with van der Waals surface area (Å²) >= 11 is 1.10. The highest BCUT2D eigenvalue weighted by Gasteiger charge is 2.16. The molecule has 1 aromatic heterocycles. The lowest BCUT2D eigenvalue weighted by atomic mass is 10.1. The fourth-order valence-corrected chi connectivity index (χ4v) is 3.57. The molecule has 26 heavy (non-hydrogen) atoms. The van der Waals surface area contributed by atoms with Gasteiger partial charge < -0.3 is 10.1 Å². The molecule has 0 bridgehead atoms. The average Bonchev–Trinajstić information content (AvgIpc) is 2.96. The zero-order valence-corrected chi connectivity index (χ0v) is 15.9. The summed E-state index contributed by atoms with van der Waals surface area (Å²) in [5, 5.41) is 12.5. The molecular weight excluding hydrogens is 350 g/mol. The van der Waals surface area contributed by atoms with Crippen molar-refractivity contribution in [3.05, 3.63) is 49.4 Å². The normalized spacial score (nSPS) is 12.5. The lowest BCUT2D eigenvalue weighted by molar-refractivity contribution is -0.136. The second kappa shape index (κ2) is 9.02. The van der Waals surface area contributed by atoms with Crippen LogP contribution in [0.3, 0.4) is 0 Å². The fraction of sp³-hybridized carbons (Fsp3) is 0.316. The molecule has 6 nitrogen and oxygen atoms in total. The highest BCUT2D eigenvalue weighted by atomic mass is 32.1. The van der Waals surface area contributed by atoms with Crippen LogP contribution in [0.4, 0.5) is 5.69 Å². The molecule has 0 fully saturated rings. The molecule has 0 aliphatic rings. The van der Waals surface area contributed by atoms with Crippen molar-refractivity contribution in [3.8, 4) is 6.07 Å². The van der Waals surface area contributed by atoms with Crippen LogP contribution in [0.2, 0.25) is 0 Å². The molecule has 0 aliphatic carbocycles. The van der Waals surface area contributed by atoms with E-state index in [-0.39, 0.29) is 17.7 Å².